The predicted molar refractivity (Wildman–Crippen MR) is 82.0 cm³/mol. The molecule has 1 aromatic carbocycles. The second-order valence-corrected chi connectivity index (χ2v) is 5.14. The molecule has 0 saturated heterocycles. The third kappa shape index (κ3) is 2.16. The highest BCUT2D eigenvalue weighted by Gasteiger charge is 2.15. The van der Waals surface area contributed by atoms with Crippen molar-refractivity contribution in [2.45, 2.75) is 6.54 Å². The van der Waals surface area contributed by atoms with E-state index in [1.165, 1.54) is 0 Å². The second kappa shape index (κ2) is 5.40. The van der Waals surface area contributed by atoms with Gasteiger partial charge in [0.15, 0.2) is 0 Å². The van der Waals surface area contributed by atoms with Gasteiger partial charge in [-0.1, -0.05) is 35.3 Å². The van der Waals surface area contributed by atoms with Gasteiger partial charge in [-0.2, -0.15) is 5.10 Å². The van der Waals surface area contributed by atoms with Crippen LogP contribution in [0.4, 0.5) is 0 Å². The number of benzene rings is 1. The smallest absolute Gasteiger partial charge is 0.103 e. The van der Waals surface area contributed by atoms with E-state index in [9.17, 15) is 0 Å². The average molecular weight is 307 g/mol. The third-order valence-corrected chi connectivity index (χ3v) is 3.92. The van der Waals surface area contributed by atoms with Gasteiger partial charge in [-0.15, -0.1) is 0 Å². The Hall–Kier alpha value is -1.62. The minimum absolute atomic E-state index is 0.498. The summed E-state index contributed by atoms with van der Waals surface area (Å²) in [5, 5.41) is 6.55. The summed E-state index contributed by atoms with van der Waals surface area (Å²) in [7, 11) is 0. The van der Waals surface area contributed by atoms with Crippen LogP contribution in [0.1, 0.15) is 0 Å². The Labute approximate surface area is 126 Å². The van der Waals surface area contributed by atoms with Crippen molar-refractivity contribution >= 4 is 34.1 Å². The first-order valence-corrected chi connectivity index (χ1v) is 6.93. The largest absolute Gasteiger partial charge is 0.329 e. The lowest BCUT2D eigenvalue weighted by atomic mass is 10.1. The van der Waals surface area contributed by atoms with Crippen LogP contribution in [0.2, 0.25) is 10.0 Å². The molecule has 0 aliphatic rings. The van der Waals surface area contributed by atoms with Gasteiger partial charge < -0.3 is 5.73 Å². The van der Waals surface area contributed by atoms with E-state index in [1.54, 1.807) is 18.5 Å². The summed E-state index contributed by atoms with van der Waals surface area (Å²) in [5.41, 5.74) is 8.18. The first-order chi connectivity index (χ1) is 9.72. The Morgan fingerprint density at radius 2 is 2.05 bits per heavy atom. The molecule has 4 nitrogen and oxygen atoms in total. The summed E-state index contributed by atoms with van der Waals surface area (Å²) >= 11 is 12.4. The normalized spacial score (nSPS) is 11.2. The average Bonchev–Trinajstić information content (AvgIpc) is 2.82. The molecule has 0 amide bonds. The Morgan fingerprint density at radius 1 is 1.20 bits per heavy atom. The lowest BCUT2D eigenvalue weighted by molar-refractivity contribution is 0.648. The summed E-state index contributed by atoms with van der Waals surface area (Å²) in [6.07, 6.45) is 3.52. The number of hydrogen-bond acceptors (Lipinski definition) is 3. The van der Waals surface area contributed by atoms with Crippen molar-refractivity contribution in [3.05, 3.63) is 46.7 Å². The van der Waals surface area contributed by atoms with Crippen molar-refractivity contribution in [1.82, 2.24) is 14.8 Å². The lowest BCUT2D eigenvalue weighted by Gasteiger charge is -2.03. The fourth-order valence-corrected chi connectivity index (χ4v) is 2.59. The quantitative estimate of drug-likeness (QED) is 0.807. The molecule has 0 bridgehead atoms. The zero-order valence-electron chi connectivity index (χ0n) is 10.6. The van der Waals surface area contributed by atoms with E-state index in [1.807, 2.05) is 22.9 Å². The van der Waals surface area contributed by atoms with Crippen molar-refractivity contribution in [3.63, 3.8) is 0 Å². The molecule has 6 heteroatoms. The number of halogens is 2. The van der Waals surface area contributed by atoms with E-state index in [4.69, 9.17) is 28.9 Å². The van der Waals surface area contributed by atoms with Crippen molar-refractivity contribution in [2.75, 3.05) is 6.54 Å². The van der Waals surface area contributed by atoms with Gasteiger partial charge in [-0.25, -0.2) is 0 Å². The number of hydrogen-bond donors (Lipinski definition) is 1. The number of aromatic nitrogens is 3. The molecule has 2 N–H and O–H groups in total. The molecule has 2 heterocycles. The highest BCUT2D eigenvalue weighted by molar-refractivity contribution is 6.43. The standard InChI is InChI=1S/C14H12Cl2N4/c15-11-3-1-2-9(13(11)16)14-10-8-18-6-4-12(10)20(19-14)7-5-17/h1-4,6,8H,5,7,17H2. The molecule has 0 aliphatic carbocycles. The zero-order valence-corrected chi connectivity index (χ0v) is 12.1. The van der Waals surface area contributed by atoms with Crippen LogP contribution >= 0.6 is 23.2 Å². The molecule has 2 aromatic heterocycles. The summed E-state index contributed by atoms with van der Waals surface area (Å²) in [5.74, 6) is 0. The highest BCUT2D eigenvalue weighted by Crippen LogP contribution is 2.36. The van der Waals surface area contributed by atoms with E-state index in [2.05, 4.69) is 10.1 Å². The van der Waals surface area contributed by atoms with Crippen LogP contribution in [0.15, 0.2) is 36.7 Å². The summed E-state index contributed by atoms with van der Waals surface area (Å²) in [6, 6.07) is 7.42. The molecule has 0 aliphatic heterocycles. The van der Waals surface area contributed by atoms with Gasteiger partial charge in [0, 0.05) is 29.9 Å². The Kier molecular flexibility index (Phi) is 3.61. The van der Waals surface area contributed by atoms with Gasteiger partial charge in [0.05, 0.1) is 22.1 Å². The third-order valence-electron chi connectivity index (χ3n) is 3.10. The Morgan fingerprint density at radius 3 is 2.85 bits per heavy atom. The molecule has 3 aromatic rings. The monoisotopic (exact) mass is 306 g/mol. The predicted octanol–water partition coefficient (Wildman–Crippen LogP) is 3.36. The first kappa shape index (κ1) is 13.4. The fraction of sp³-hybridized carbons (Fsp3) is 0.143. The molecule has 3 rings (SSSR count). The van der Waals surface area contributed by atoms with Crippen LogP contribution in [-0.4, -0.2) is 21.3 Å². The lowest BCUT2D eigenvalue weighted by Crippen LogP contribution is -2.10. The van der Waals surface area contributed by atoms with Crippen LogP contribution in [0, 0.1) is 0 Å². The maximum atomic E-state index is 6.29. The Bertz CT molecular complexity index is 767. The van der Waals surface area contributed by atoms with E-state index < -0.39 is 0 Å². The molecule has 0 radical (unpaired) electrons. The second-order valence-electron chi connectivity index (χ2n) is 4.35. The maximum Gasteiger partial charge on any atom is 0.103 e. The van der Waals surface area contributed by atoms with E-state index in [-0.39, 0.29) is 0 Å². The van der Waals surface area contributed by atoms with Gasteiger partial charge in [-0.05, 0) is 12.1 Å². The maximum absolute atomic E-state index is 6.29. The molecule has 0 fully saturated rings. The topological polar surface area (TPSA) is 56.7 Å². The minimum atomic E-state index is 0.498. The molecule has 0 atom stereocenters. The van der Waals surface area contributed by atoms with Crippen molar-refractivity contribution in [2.24, 2.45) is 5.73 Å². The minimum Gasteiger partial charge on any atom is -0.329 e. The number of rotatable bonds is 3. The van der Waals surface area contributed by atoms with Crippen molar-refractivity contribution in [1.29, 1.82) is 0 Å². The molecule has 0 unspecified atom stereocenters. The molecule has 102 valence electrons. The van der Waals surface area contributed by atoms with Crippen LogP contribution in [-0.2, 0) is 6.54 Å². The number of nitrogens with two attached hydrogens (primary N) is 1. The highest BCUT2D eigenvalue weighted by atomic mass is 35.5. The van der Waals surface area contributed by atoms with Crippen molar-refractivity contribution < 1.29 is 0 Å². The van der Waals surface area contributed by atoms with E-state index >= 15 is 0 Å². The van der Waals surface area contributed by atoms with Crippen molar-refractivity contribution in [3.8, 4) is 11.3 Å². The van der Waals surface area contributed by atoms with Gasteiger partial charge >= 0.3 is 0 Å². The SMILES string of the molecule is NCCn1nc(-c2cccc(Cl)c2Cl)c2cnccc21. The molecular formula is C14H12Cl2N4. The summed E-state index contributed by atoms with van der Waals surface area (Å²) in [4.78, 5) is 4.16. The van der Waals surface area contributed by atoms with Gasteiger partial charge in [0.2, 0.25) is 0 Å². The van der Waals surface area contributed by atoms with E-state index in [0.717, 1.165) is 22.2 Å². The van der Waals surface area contributed by atoms with Gasteiger partial charge in [0.25, 0.3) is 0 Å². The number of fused-ring (bicyclic) bond motifs is 1. The summed E-state index contributed by atoms with van der Waals surface area (Å²) in [6.45, 7) is 1.15. The van der Waals surface area contributed by atoms with Crippen LogP contribution in [0.25, 0.3) is 22.2 Å². The number of nitrogens with zero attached hydrogens (tertiary/aromatic N) is 3. The zero-order chi connectivity index (χ0) is 14.1. The van der Waals surface area contributed by atoms with Gasteiger partial charge in [-0.3, -0.25) is 9.67 Å². The fourth-order valence-electron chi connectivity index (χ4n) is 2.20. The molecule has 0 spiro atoms. The van der Waals surface area contributed by atoms with Crippen LogP contribution < -0.4 is 5.73 Å². The molecule has 20 heavy (non-hydrogen) atoms. The summed E-state index contributed by atoms with van der Waals surface area (Å²) < 4.78 is 1.86. The van der Waals surface area contributed by atoms with E-state index in [0.29, 0.717) is 23.1 Å². The number of pyridine rings is 1. The van der Waals surface area contributed by atoms with Crippen LogP contribution in [0.5, 0.6) is 0 Å². The van der Waals surface area contributed by atoms with Gasteiger partial charge in [0.1, 0.15) is 5.69 Å². The molecule has 0 saturated carbocycles. The molecular weight excluding hydrogens is 295 g/mol. The van der Waals surface area contributed by atoms with Crippen LogP contribution in [0.3, 0.4) is 0 Å². The Balaban J connectivity index is 2.28. The first-order valence-electron chi connectivity index (χ1n) is 6.17.